The standard InChI is InChI=1S/C25H29N6O7P/c1-17(24(32)35-13-18-11-34-12-18)30-39(33,38-19-5-3-2-4-6-19)36-15-25(14-26)10-9-22(37-25)20-7-8-21-23(27)28-16-29-31(20)21/h2-8,16-18,22H,9-13,15H2,1H3,(H,30,33)(H2,27,28,29)/t17-,22+,25+,39-/m0/s1. The maximum absolute atomic E-state index is 13.9. The number of nitrogen functional groups attached to an aromatic ring is 1. The second kappa shape index (κ2) is 11.3. The van der Waals surface area contributed by atoms with Crippen LogP contribution in [0.15, 0.2) is 48.8 Å². The summed E-state index contributed by atoms with van der Waals surface area (Å²) < 4.78 is 43.5. The van der Waals surface area contributed by atoms with Crippen molar-refractivity contribution in [2.75, 3.05) is 32.2 Å². The Morgan fingerprint density at radius 1 is 1.33 bits per heavy atom. The highest BCUT2D eigenvalue weighted by Gasteiger charge is 2.45. The van der Waals surface area contributed by atoms with Crippen LogP contribution in [0.4, 0.5) is 5.82 Å². The molecular weight excluding hydrogens is 527 g/mol. The monoisotopic (exact) mass is 556 g/mol. The highest BCUT2D eigenvalue weighted by Crippen LogP contribution is 2.48. The Morgan fingerprint density at radius 2 is 2.13 bits per heavy atom. The summed E-state index contributed by atoms with van der Waals surface area (Å²) >= 11 is 0. The summed E-state index contributed by atoms with van der Waals surface area (Å²) in [5.74, 6) is 0.112. The van der Waals surface area contributed by atoms with E-state index in [-0.39, 0.29) is 24.9 Å². The van der Waals surface area contributed by atoms with Gasteiger partial charge >= 0.3 is 13.7 Å². The number of anilines is 1. The van der Waals surface area contributed by atoms with Crippen molar-refractivity contribution in [2.24, 2.45) is 5.92 Å². The molecule has 1 aromatic carbocycles. The lowest BCUT2D eigenvalue weighted by molar-refractivity contribution is -0.152. The van der Waals surface area contributed by atoms with E-state index in [1.807, 2.05) is 6.07 Å². The molecular formula is C25H29N6O7P. The van der Waals surface area contributed by atoms with E-state index in [2.05, 4.69) is 21.2 Å². The Morgan fingerprint density at radius 3 is 2.85 bits per heavy atom. The van der Waals surface area contributed by atoms with Crippen LogP contribution in [0.1, 0.15) is 31.6 Å². The number of nitrogens with one attached hydrogen (secondary N) is 1. The zero-order chi connectivity index (χ0) is 27.5. The molecule has 2 aliphatic rings. The number of fused-ring (bicyclic) bond motifs is 1. The van der Waals surface area contributed by atoms with Gasteiger partial charge in [-0.3, -0.25) is 9.32 Å². The van der Waals surface area contributed by atoms with Crippen LogP contribution in [0.2, 0.25) is 0 Å². The smallest absolute Gasteiger partial charge is 0.459 e. The van der Waals surface area contributed by atoms with E-state index in [0.717, 1.165) is 0 Å². The number of esters is 1. The van der Waals surface area contributed by atoms with Gasteiger partial charge in [0.15, 0.2) is 11.4 Å². The van der Waals surface area contributed by atoms with Gasteiger partial charge in [0.2, 0.25) is 0 Å². The quantitative estimate of drug-likeness (QED) is 0.262. The molecule has 0 spiro atoms. The molecule has 0 radical (unpaired) electrons. The number of rotatable bonds is 11. The molecule has 0 bridgehead atoms. The number of hydrogen-bond donors (Lipinski definition) is 2. The lowest BCUT2D eigenvalue weighted by Gasteiger charge is -2.28. The zero-order valence-corrected chi connectivity index (χ0v) is 22.2. The van der Waals surface area contributed by atoms with Crippen LogP contribution >= 0.6 is 7.75 Å². The normalized spacial score (nSPS) is 23.4. The average Bonchev–Trinajstić information content (AvgIpc) is 3.53. The van der Waals surface area contributed by atoms with Gasteiger partial charge in [-0.1, -0.05) is 18.2 Å². The Kier molecular flexibility index (Phi) is 7.83. The first-order valence-corrected chi connectivity index (χ1v) is 14.0. The van der Waals surface area contributed by atoms with Crippen LogP contribution in [0, 0.1) is 17.2 Å². The molecule has 0 aliphatic carbocycles. The molecule has 4 atom stereocenters. The molecule has 206 valence electrons. The average molecular weight is 557 g/mol. The Bertz CT molecular complexity index is 1410. The molecule has 3 aromatic rings. The van der Waals surface area contributed by atoms with Crippen LogP contribution in [-0.4, -0.2) is 58.6 Å². The number of nitriles is 1. The van der Waals surface area contributed by atoms with E-state index < -0.39 is 31.5 Å². The molecule has 5 rings (SSSR count). The fourth-order valence-corrected chi connectivity index (χ4v) is 5.83. The van der Waals surface area contributed by atoms with Gasteiger partial charge in [-0.15, -0.1) is 0 Å². The second-order valence-electron chi connectivity index (χ2n) is 9.51. The molecule has 4 heterocycles. The van der Waals surface area contributed by atoms with Crippen molar-refractivity contribution >= 4 is 25.1 Å². The number of nitrogens with zero attached hydrogens (tertiary/aromatic N) is 4. The first-order valence-electron chi connectivity index (χ1n) is 12.5. The molecule has 0 amide bonds. The van der Waals surface area contributed by atoms with Crippen molar-refractivity contribution in [3.63, 3.8) is 0 Å². The molecule has 0 unspecified atom stereocenters. The summed E-state index contributed by atoms with van der Waals surface area (Å²) in [5.41, 5.74) is 5.84. The van der Waals surface area contributed by atoms with E-state index >= 15 is 0 Å². The van der Waals surface area contributed by atoms with E-state index in [0.29, 0.717) is 43.1 Å². The van der Waals surface area contributed by atoms with Crippen molar-refractivity contribution in [3.8, 4) is 11.8 Å². The second-order valence-corrected chi connectivity index (χ2v) is 11.2. The van der Waals surface area contributed by atoms with E-state index in [9.17, 15) is 14.6 Å². The minimum absolute atomic E-state index is 0.147. The third-order valence-electron chi connectivity index (χ3n) is 6.53. The fraction of sp³-hybridized carbons (Fsp3) is 0.440. The third kappa shape index (κ3) is 6.06. The van der Waals surface area contributed by atoms with Crippen LogP contribution in [0.25, 0.3) is 5.52 Å². The van der Waals surface area contributed by atoms with Crippen molar-refractivity contribution in [3.05, 3.63) is 54.5 Å². The molecule has 3 N–H and O–H groups in total. The van der Waals surface area contributed by atoms with E-state index in [1.165, 1.54) is 13.3 Å². The Balaban J connectivity index is 1.29. The zero-order valence-electron chi connectivity index (χ0n) is 21.3. The Hall–Kier alpha value is -3.53. The van der Waals surface area contributed by atoms with Crippen LogP contribution in [-0.2, 0) is 28.1 Å². The van der Waals surface area contributed by atoms with E-state index in [4.69, 9.17) is 29.0 Å². The van der Waals surface area contributed by atoms with Gasteiger partial charge in [0, 0.05) is 5.92 Å². The van der Waals surface area contributed by atoms with Gasteiger partial charge in [0.25, 0.3) is 0 Å². The number of carbonyl (C=O) groups is 1. The number of hydrogen-bond acceptors (Lipinski definition) is 11. The summed E-state index contributed by atoms with van der Waals surface area (Å²) in [5, 5.41) is 16.9. The van der Waals surface area contributed by atoms with Crippen LogP contribution in [0.3, 0.4) is 0 Å². The number of benzene rings is 1. The molecule has 14 heteroatoms. The molecule has 2 aromatic heterocycles. The fourth-order valence-electron chi connectivity index (χ4n) is 4.30. The van der Waals surface area contributed by atoms with E-state index in [1.54, 1.807) is 40.9 Å². The summed E-state index contributed by atoms with van der Waals surface area (Å²) in [7, 11) is -4.17. The maximum atomic E-state index is 13.9. The summed E-state index contributed by atoms with van der Waals surface area (Å²) in [6.07, 6.45) is 1.64. The highest BCUT2D eigenvalue weighted by atomic mass is 31.2. The van der Waals surface area contributed by atoms with Gasteiger partial charge in [-0.2, -0.15) is 15.4 Å². The van der Waals surface area contributed by atoms with Crippen molar-refractivity contribution in [1.82, 2.24) is 19.7 Å². The predicted molar refractivity (Wildman–Crippen MR) is 137 cm³/mol. The van der Waals surface area contributed by atoms with Gasteiger partial charge < -0.3 is 24.5 Å². The predicted octanol–water partition coefficient (Wildman–Crippen LogP) is 2.80. The number of carbonyl (C=O) groups excluding carboxylic acids is 1. The molecule has 2 aliphatic heterocycles. The van der Waals surface area contributed by atoms with Gasteiger partial charge in [-0.25, -0.2) is 14.1 Å². The summed E-state index contributed by atoms with van der Waals surface area (Å²) in [6.45, 7) is 2.39. The molecule has 2 saturated heterocycles. The van der Waals surface area contributed by atoms with Crippen LogP contribution in [0.5, 0.6) is 5.75 Å². The molecule has 0 saturated carbocycles. The lowest BCUT2D eigenvalue weighted by Crippen LogP contribution is -2.39. The third-order valence-corrected chi connectivity index (χ3v) is 8.16. The van der Waals surface area contributed by atoms with Gasteiger partial charge in [0.1, 0.15) is 42.4 Å². The van der Waals surface area contributed by atoms with Gasteiger partial charge in [0.05, 0.1) is 25.5 Å². The molecule has 13 nitrogen and oxygen atoms in total. The number of aromatic nitrogens is 3. The largest absolute Gasteiger partial charge is 0.464 e. The first kappa shape index (κ1) is 27.1. The van der Waals surface area contributed by atoms with Gasteiger partial charge in [-0.05, 0) is 44.0 Å². The van der Waals surface area contributed by atoms with Crippen molar-refractivity contribution in [2.45, 2.75) is 37.5 Å². The first-order chi connectivity index (χ1) is 18.8. The van der Waals surface area contributed by atoms with Crippen LogP contribution < -0.4 is 15.3 Å². The van der Waals surface area contributed by atoms with Crippen molar-refractivity contribution < 1.29 is 32.6 Å². The Labute approximate surface area is 224 Å². The SMILES string of the molecule is C[C@H](N[P@](=O)(OC[C@]1(C#N)CC[C@H](c2ccc3c(N)ncnn23)O1)Oc1ccccc1)C(=O)OCC1COC1. The maximum Gasteiger partial charge on any atom is 0.459 e. The summed E-state index contributed by atoms with van der Waals surface area (Å²) in [6, 6.07) is 13.1. The lowest BCUT2D eigenvalue weighted by atomic mass is 10.0. The number of para-hydroxylation sites is 1. The number of ether oxygens (including phenoxy) is 3. The minimum atomic E-state index is -4.17. The molecule has 2 fully saturated rings. The number of nitrogens with two attached hydrogens (primary N) is 1. The summed E-state index contributed by atoms with van der Waals surface area (Å²) in [4.78, 5) is 16.5. The topological polar surface area (TPSA) is 172 Å². The van der Waals surface area contributed by atoms with Crippen molar-refractivity contribution in [1.29, 1.82) is 5.26 Å². The minimum Gasteiger partial charge on any atom is -0.464 e. The highest BCUT2D eigenvalue weighted by molar-refractivity contribution is 7.52. The molecule has 39 heavy (non-hydrogen) atoms.